The lowest BCUT2D eigenvalue weighted by Crippen LogP contribution is -2.14. The molecule has 82 valence electrons. The highest BCUT2D eigenvalue weighted by molar-refractivity contribution is 5.37. The summed E-state index contributed by atoms with van der Waals surface area (Å²) in [6.07, 6.45) is 1.04. The Labute approximate surface area is 89.4 Å². The molecular formula is C12H16FNO. The van der Waals surface area contributed by atoms with Gasteiger partial charge in [0.15, 0.2) is 0 Å². The van der Waals surface area contributed by atoms with Gasteiger partial charge in [0.1, 0.15) is 11.6 Å². The average molecular weight is 209 g/mol. The highest BCUT2D eigenvalue weighted by Gasteiger charge is 2.24. The minimum atomic E-state index is -0.202. The van der Waals surface area contributed by atoms with Crippen molar-refractivity contribution in [3.8, 4) is 5.75 Å². The minimum Gasteiger partial charge on any atom is -0.496 e. The second-order valence-corrected chi connectivity index (χ2v) is 4.19. The third-order valence-electron chi connectivity index (χ3n) is 2.92. The van der Waals surface area contributed by atoms with Crippen LogP contribution in [0, 0.1) is 11.7 Å². The van der Waals surface area contributed by atoms with Crippen molar-refractivity contribution in [2.75, 3.05) is 13.7 Å². The summed E-state index contributed by atoms with van der Waals surface area (Å²) in [5.41, 5.74) is 0.932. The Bertz CT molecular complexity index is 353. The van der Waals surface area contributed by atoms with E-state index in [1.165, 1.54) is 6.07 Å². The van der Waals surface area contributed by atoms with E-state index in [0.29, 0.717) is 5.92 Å². The van der Waals surface area contributed by atoms with E-state index in [0.717, 1.165) is 24.3 Å². The molecular weight excluding hydrogens is 193 g/mol. The van der Waals surface area contributed by atoms with E-state index in [2.05, 4.69) is 12.2 Å². The van der Waals surface area contributed by atoms with Crippen molar-refractivity contribution in [1.82, 2.24) is 5.32 Å². The van der Waals surface area contributed by atoms with E-state index in [-0.39, 0.29) is 11.9 Å². The maximum atomic E-state index is 13.2. The van der Waals surface area contributed by atoms with E-state index in [9.17, 15) is 4.39 Å². The maximum Gasteiger partial charge on any atom is 0.123 e. The molecule has 2 atom stereocenters. The molecule has 1 fully saturated rings. The van der Waals surface area contributed by atoms with Crippen LogP contribution in [0.15, 0.2) is 18.2 Å². The summed E-state index contributed by atoms with van der Waals surface area (Å²) in [7, 11) is 1.62. The first-order chi connectivity index (χ1) is 7.20. The Hall–Kier alpha value is -1.09. The minimum absolute atomic E-state index is 0.202. The number of ether oxygens (including phenoxy) is 1. The van der Waals surface area contributed by atoms with Crippen LogP contribution in [-0.4, -0.2) is 13.7 Å². The predicted octanol–water partition coefficient (Wildman–Crippen LogP) is 2.50. The van der Waals surface area contributed by atoms with Gasteiger partial charge in [0.05, 0.1) is 7.11 Å². The summed E-state index contributed by atoms with van der Waals surface area (Å²) in [6.45, 7) is 3.18. The molecule has 0 unspecified atom stereocenters. The number of benzene rings is 1. The summed E-state index contributed by atoms with van der Waals surface area (Å²) < 4.78 is 18.4. The second-order valence-electron chi connectivity index (χ2n) is 4.19. The summed E-state index contributed by atoms with van der Waals surface area (Å²) >= 11 is 0. The van der Waals surface area contributed by atoms with E-state index in [4.69, 9.17) is 4.74 Å². The fraction of sp³-hybridized carbons (Fsp3) is 0.500. The summed E-state index contributed by atoms with van der Waals surface area (Å²) in [6, 6.07) is 4.91. The normalized spacial score (nSPS) is 25.5. The molecule has 3 heteroatoms. The standard InChI is InChI=1S/C12H16FNO/c1-8-5-11(14-7-8)10-6-9(13)3-4-12(10)15-2/h3-4,6,8,11,14H,5,7H2,1-2H3/t8-,11+/m0/s1. The van der Waals surface area contributed by atoms with Crippen molar-refractivity contribution < 1.29 is 9.13 Å². The zero-order valence-electron chi connectivity index (χ0n) is 9.09. The lowest BCUT2D eigenvalue weighted by molar-refractivity contribution is 0.401. The van der Waals surface area contributed by atoms with Crippen molar-refractivity contribution in [1.29, 1.82) is 0 Å². The molecule has 2 nitrogen and oxygen atoms in total. The molecule has 15 heavy (non-hydrogen) atoms. The van der Waals surface area contributed by atoms with Gasteiger partial charge in [0.25, 0.3) is 0 Å². The van der Waals surface area contributed by atoms with Gasteiger partial charge in [-0.3, -0.25) is 0 Å². The Morgan fingerprint density at radius 3 is 2.87 bits per heavy atom. The first-order valence-electron chi connectivity index (χ1n) is 5.27. The molecule has 0 saturated carbocycles. The first-order valence-corrected chi connectivity index (χ1v) is 5.27. The van der Waals surface area contributed by atoms with Crippen molar-refractivity contribution in [3.05, 3.63) is 29.6 Å². The zero-order chi connectivity index (χ0) is 10.8. The molecule has 1 aliphatic heterocycles. The zero-order valence-corrected chi connectivity index (χ0v) is 9.09. The van der Waals surface area contributed by atoms with Crippen LogP contribution in [0.4, 0.5) is 4.39 Å². The molecule has 1 aromatic rings. The topological polar surface area (TPSA) is 21.3 Å². The molecule has 1 N–H and O–H groups in total. The van der Waals surface area contributed by atoms with Crippen LogP contribution in [0.5, 0.6) is 5.75 Å². The predicted molar refractivity (Wildman–Crippen MR) is 57.5 cm³/mol. The van der Waals surface area contributed by atoms with Crippen molar-refractivity contribution >= 4 is 0 Å². The quantitative estimate of drug-likeness (QED) is 0.808. The molecule has 0 bridgehead atoms. The average Bonchev–Trinajstić information content (AvgIpc) is 2.65. The Morgan fingerprint density at radius 2 is 2.27 bits per heavy atom. The number of rotatable bonds is 2. The van der Waals surface area contributed by atoms with E-state index < -0.39 is 0 Å². The lowest BCUT2D eigenvalue weighted by Gasteiger charge is -2.14. The fourth-order valence-electron chi connectivity index (χ4n) is 2.13. The van der Waals surface area contributed by atoms with Gasteiger partial charge in [-0.1, -0.05) is 6.92 Å². The molecule has 2 rings (SSSR count). The summed E-state index contributed by atoms with van der Waals surface area (Å²) in [4.78, 5) is 0. The second kappa shape index (κ2) is 4.19. The molecule has 1 saturated heterocycles. The fourth-order valence-corrected chi connectivity index (χ4v) is 2.13. The largest absolute Gasteiger partial charge is 0.496 e. The molecule has 1 aliphatic rings. The third-order valence-corrected chi connectivity index (χ3v) is 2.92. The smallest absolute Gasteiger partial charge is 0.123 e. The number of halogens is 1. The van der Waals surface area contributed by atoms with Gasteiger partial charge in [-0.2, -0.15) is 0 Å². The highest BCUT2D eigenvalue weighted by Crippen LogP contribution is 2.33. The van der Waals surface area contributed by atoms with E-state index >= 15 is 0 Å². The number of hydrogen-bond acceptors (Lipinski definition) is 2. The lowest BCUT2D eigenvalue weighted by atomic mass is 10.0. The Balaban J connectivity index is 2.29. The van der Waals surface area contributed by atoms with Crippen molar-refractivity contribution in [2.24, 2.45) is 5.92 Å². The Kier molecular flexibility index (Phi) is 2.91. The van der Waals surface area contributed by atoms with Crippen LogP contribution >= 0.6 is 0 Å². The van der Waals surface area contributed by atoms with Gasteiger partial charge < -0.3 is 10.1 Å². The molecule has 0 amide bonds. The van der Waals surface area contributed by atoms with Gasteiger partial charge >= 0.3 is 0 Å². The molecule has 0 radical (unpaired) electrons. The van der Waals surface area contributed by atoms with Gasteiger partial charge in [-0.15, -0.1) is 0 Å². The molecule has 1 heterocycles. The third kappa shape index (κ3) is 2.12. The van der Waals surface area contributed by atoms with Crippen molar-refractivity contribution in [2.45, 2.75) is 19.4 Å². The van der Waals surface area contributed by atoms with Gasteiger partial charge in [0.2, 0.25) is 0 Å². The molecule has 0 spiro atoms. The molecule has 0 aromatic heterocycles. The summed E-state index contributed by atoms with van der Waals surface area (Å²) in [5.74, 6) is 1.21. The number of methoxy groups -OCH3 is 1. The van der Waals surface area contributed by atoms with Crippen LogP contribution in [-0.2, 0) is 0 Å². The molecule has 1 aromatic carbocycles. The summed E-state index contributed by atoms with van der Waals surface area (Å²) in [5, 5.41) is 3.38. The van der Waals surface area contributed by atoms with Crippen molar-refractivity contribution in [3.63, 3.8) is 0 Å². The van der Waals surface area contributed by atoms with Crippen LogP contribution in [0.25, 0.3) is 0 Å². The van der Waals surface area contributed by atoms with E-state index in [1.54, 1.807) is 19.2 Å². The van der Waals surface area contributed by atoms with Gasteiger partial charge in [-0.05, 0) is 37.1 Å². The maximum absolute atomic E-state index is 13.2. The SMILES string of the molecule is COc1ccc(F)cc1[C@H]1C[C@H](C)CN1. The van der Waals surface area contributed by atoms with Gasteiger partial charge in [0, 0.05) is 11.6 Å². The number of hydrogen-bond donors (Lipinski definition) is 1. The van der Waals surface area contributed by atoms with Crippen LogP contribution in [0.1, 0.15) is 24.9 Å². The van der Waals surface area contributed by atoms with Crippen LogP contribution < -0.4 is 10.1 Å². The highest BCUT2D eigenvalue weighted by atomic mass is 19.1. The first kappa shape index (κ1) is 10.4. The van der Waals surface area contributed by atoms with Gasteiger partial charge in [-0.25, -0.2) is 4.39 Å². The van der Waals surface area contributed by atoms with Crippen LogP contribution in [0.3, 0.4) is 0 Å². The van der Waals surface area contributed by atoms with Crippen LogP contribution in [0.2, 0.25) is 0 Å². The molecule has 0 aliphatic carbocycles. The Morgan fingerprint density at radius 1 is 1.47 bits per heavy atom. The number of nitrogens with one attached hydrogen (secondary N) is 1. The monoisotopic (exact) mass is 209 g/mol. The van der Waals surface area contributed by atoms with E-state index in [1.807, 2.05) is 0 Å².